The predicted octanol–water partition coefficient (Wildman–Crippen LogP) is 1.81. The third kappa shape index (κ3) is 3.40. The van der Waals surface area contributed by atoms with Crippen molar-refractivity contribution in [3.05, 3.63) is 47.6 Å². The topological polar surface area (TPSA) is 79.5 Å². The molecule has 2 heterocycles. The fraction of sp³-hybridized carbons (Fsp3) is 0.444. The second-order valence-corrected chi connectivity index (χ2v) is 6.32. The molecule has 7 heteroatoms. The number of hydrogen-bond acceptors (Lipinski definition) is 5. The fourth-order valence-corrected chi connectivity index (χ4v) is 3.26. The SMILES string of the molecule is CCc1noc(CN(C)C(=O)[C@H]2CC(=O)N(C)[C@H]2c2ccccc2)n1. The van der Waals surface area contributed by atoms with E-state index in [0.29, 0.717) is 18.1 Å². The highest BCUT2D eigenvalue weighted by Crippen LogP contribution is 2.37. The largest absolute Gasteiger partial charge is 0.338 e. The van der Waals surface area contributed by atoms with Crippen LogP contribution in [0.4, 0.5) is 0 Å². The van der Waals surface area contributed by atoms with E-state index in [1.807, 2.05) is 37.3 Å². The van der Waals surface area contributed by atoms with Gasteiger partial charge in [0.05, 0.1) is 18.5 Å². The van der Waals surface area contributed by atoms with Crippen molar-refractivity contribution in [2.24, 2.45) is 5.92 Å². The molecule has 0 aliphatic carbocycles. The van der Waals surface area contributed by atoms with E-state index in [0.717, 1.165) is 5.56 Å². The second kappa shape index (κ2) is 7.04. The first-order valence-corrected chi connectivity index (χ1v) is 8.38. The van der Waals surface area contributed by atoms with Crippen LogP contribution in [0.15, 0.2) is 34.9 Å². The quantitative estimate of drug-likeness (QED) is 0.828. The summed E-state index contributed by atoms with van der Waals surface area (Å²) in [5.41, 5.74) is 0.966. The van der Waals surface area contributed by atoms with Crippen molar-refractivity contribution in [2.75, 3.05) is 14.1 Å². The van der Waals surface area contributed by atoms with Gasteiger partial charge in [-0.2, -0.15) is 4.98 Å². The Bertz CT molecular complexity index is 759. The number of hydrogen-bond donors (Lipinski definition) is 0. The zero-order valence-corrected chi connectivity index (χ0v) is 14.7. The summed E-state index contributed by atoms with van der Waals surface area (Å²) < 4.78 is 5.16. The highest BCUT2D eigenvalue weighted by Gasteiger charge is 2.43. The number of likely N-dealkylation sites (tertiary alicyclic amines) is 1. The van der Waals surface area contributed by atoms with E-state index in [-0.39, 0.29) is 30.8 Å². The van der Waals surface area contributed by atoms with Gasteiger partial charge in [-0.3, -0.25) is 9.59 Å². The molecule has 1 saturated heterocycles. The van der Waals surface area contributed by atoms with E-state index in [2.05, 4.69) is 10.1 Å². The van der Waals surface area contributed by atoms with Gasteiger partial charge in [0, 0.05) is 26.9 Å². The number of benzene rings is 1. The zero-order valence-electron chi connectivity index (χ0n) is 14.7. The van der Waals surface area contributed by atoms with Crippen LogP contribution in [0.5, 0.6) is 0 Å². The Morgan fingerprint density at radius 3 is 2.72 bits per heavy atom. The van der Waals surface area contributed by atoms with Gasteiger partial charge >= 0.3 is 0 Å². The summed E-state index contributed by atoms with van der Waals surface area (Å²) in [6.45, 7) is 2.18. The van der Waals surface area contributed by atoms with Crippen molar-refractivity contribution >= 4 is 11.8 Å². The van der Waals surface area contributed by atoms with Crippen molar-refractivity contribution < 1.29 is 14.1 Å². The molecule has 1 aliphatic rings. The molecule has 2 aromatic rings. The number of carbonyl (C=O) groups excluding carboxylic acids is 2. The molecule has 0 saturated carbocycles. The third-order valence-corrected chi connectivity index (χ3v) is 4.62. The molecule has 0 N–H and O–H groups in total. The van der Waals surface area contributed by atoms with Crippen molar-refractivity contribution in [3.63, 3.8) is 0 Å². The van der Waals surface area contributed by atoms with Gasteiger partial charge in [0.1, 0.15) is 0 Å². The Morgan fingerprint density at radius 2 is 2.08 bits per heavy atom. The number of amides is 2. The number of aromatic nitrogens is 2. The maximum absolute atomic E-state index is 13.0. The molecule has 0 bridgehead atoms. The lowest BCUT2D eigenvalue weighted by Gasteiger charge is -2.27. The molecule has 1 fully saturated rings. The summed E-state index contributed by atoms with van der Waals surface area (Å²) >= 11 is 0. The van der Waals surface area contributed by atoms with Crippen molar-refractivity contribution in [2.45, 2.75) is 32.4 Å². The lowest BCUT2D eigenvalue weighted by molar-refractivity contribution is -0.136. The molecule has 1 aliphatic heterocycles. The first-order chi connectivity index (χ1) is 12.0. The minimum atomic E-state index is -0.418. The normalized spacial score (nSPS) is 20.1. The van der Waals surface area contributed by atoms with Crippen molar-refractivity contribution in [3.8, 4) is 0 Å². The third-order valence-electron chi connectivity index (χ3n) is 4.62. The highest BCUT2D eigenvalue weighted by atomic mass is 16.5. The second-order valence-electron chi connectivity index (χ2n) is 6.32. The monoisotopic (exact) mass is 342 g/mol. The number of carbonyl (C=O) groups is 2. The standard InChI is InChI=1S/C18H22N4O3/c1-4-14-19-15(25-20-14)11-21(2)18(24)13-10-16(23)22(3)17(13)12-8-6-5-7-9-12/h5-9,13,17H,4,10-11H2,1-3H3/t13-,17-/m0/s1. The van der Waals surface area contributed by atoms with Crippen LogP contribution in [-0.4, -0.2) is 45.9 Å². The smallest absolute Gasteiger partial charge is 0.246 e. The minimum Gasteiger partial charge on any atom is -0.338 e. The maximum Gasteiger partial charge on any atom is 0.246 e. The van der Waals surface area contributed by atoms with Gasteiger partial charge in [0.25, 0.3) is 0 Å². The molecule has 1 aromatic heterocycles. The van der Waals surface area contributed by atoms with E-state index in [4.69, 9.17) is 4.52 Å². The minimum absolute atomic E-state index is 0.0216. The highest BCUT2D eigenvalue weighted by molar-refractivity contribution is 5.90. The summed E-state index contributed by atoms with van der Waals surface area (Å²) in [6, 6.07) is 9.41. The lowest BCUT2D eigenvalue weighted by Crippen LogP contribution is -2.35. The van der Waals surface area contributed by atoms with Crippen LogP contribution in [0.3, 0.4) is 0 Å². The van der Waals surface area contributed by atoms with Crippen LogP contribution in [0.25, 0.3) is 0 Å². The Kier molecular flexibility index (Phi) is 4.83. The zero-order chi connectivity index (χ0) is 18.0. The van der Waals surface area contributed by atoms with Crippen LogP contribution in [-0.2, 0) is 22.6 Å². The van der Waals surface area contributed by atoms with E-state index in [1.54, 1.807) is 23.9 Å². The van der Waals surface area contributed by atoms with Crippen LogP contribution < -0.4 is 0 Å². The molecule has 0 spiro atoms. The molecular weight excluding hydrogens is 320 g/mol. The number of rotatable bonds is 5. The van der Waals surface area contributed by atoms with Gasteiger partial charge < -0.3 is 14.3 Å². The molecule has 0 radical (unpaired) electrons. The number of aryl methyl sites for hydroxylation is 1. The Morgan fingerprint density at radius 1 is 1.36 bits per heavy atom. The van der Waals surface area contributed by atoms with E-state index >= 15 is 0 Å². The van der Waals surface area contributed by atoms with E-state index in [9.17, 15) is 9.59 Å². The summed E-state index contributed by atoms with van der Waals surface area (Å²) in [7, 11) is 3.45. The van der Waals surface area contributed by atoms with Gasteiger partial charge in [-0.1, -0.05) is 42.4 Å². The van der Waals surface area contributed by atoms with E-state index in [1.165, 1.54) is 0 Å². The Hall–Kier alpha value is -2.70. The fourth-order valence-electron chi connectivity index (χ4n) is 3.26. The molecule has 25 heavy (non-hydrogen) atoms. The van der Waals surface area contributed by atoms with Gasteiger partial charge in [-0.05, 0) is 5.56 Å². The average molecular weight is 342 g/mol. The summed E-state index contributed by atoms with van der Waals surface area (Å²) in [4.78, 5) is 32.6. The van der Waals surface area contributed by atoms with Gasteiger partial charge in [0.2, 0.25) is 17.7 Å². The molecular formula is C18H22N4O3. The van der Waals surface area contributed by atoms with Crippen LogP contribution in [0.2, 0.25) is 0 Å². The van der Waals surface area contributed by atoms with Crippen LogP contribution >= 0.6 is 0 Å². The summed E-state index contributed by atoms with van der Waals surface area (Å²) in [5.74, 6) is 0.489. The Labute approximate surface area is 146 Å². The van der Waals surface area contributed by atoms with Gasteiger partial charge in [0.15, 0.2) is 5.82 Å². The average Bonchev–Trinajstić information content (AvgIpc) is 3.19. The molecule has 2 atom stereocenters. The molecule has 3 rings (SSSR count). The van der Waals surface area contributed by atoms with E-state index < -0.39 is 5.92 Å². The first-order valence-electron chi connectivity index (χ1n) is 8.38. The number of nitrogens with zero attached hydrogens (tertiary/aromatic N) is 4. The molecule has 0 unspecified atom stereocenters. The maximum atomic E-state index is 13.0. The van der Waals surface area contributed by atoms with Crippen molar-refractivity contribution in [1.29, 1.82) is 0 Å². The molecule has 132 valence electrons. The van der Waals surface area contributed by atoms with Crippen LogP contribution in [0.1, 0.15) is 36.7 Å². The molecule has 2 amide bonds. The van der Waals surface area contributed by atoms with Gasteiger partial charge in [-0.15, -0.1) is 0 Å². The first kappa shape index (κ1) is 17.1. The van der Waals surface area contributed by atoms with Gasteiger partial charge in [-0.25, -0.2) is 0 Å². The van der Waals surface area contributed by atoms with Crippen molar-refractivity contribution in [1.82, 2.24) is 19.9 Å². The molecule has 7 nitrogen and oxygen atoms in total. The summed E-state index contributed by atoms with van der Waals surface area (Å²) in [6.07, 6.45) is 0.891. The summed E-state index contributed by atoms with van der Waals surface area (Å²) in [5, 5.41) is 3.84. The Balaban J connectivity index is 1.78. The van der Waals surface area contributed by atoms with Crippen LogP contribution in [0, 0.1) is 5.92 Å². The molecule has 1 aromatic carbocycles. The lowest BCUT2D eigenvalue weighted by atomic mass is 9.92. The predicted molar refractivity (Wildman–Crippen MR) is 90.2 cm³/mol.